The Labute approximate surface area is 205 Å². The van der Waals surface area contributed by atoms with Crippen LogP contribution in [-0.2, 0) is 0 Å². The average molecular weight is 475 g/mol. The molecule has 0 heterocycles. The molecule has 0 saturated carbocycles. The average Bonchev–Trinajstić information content (AvgIpc) is 2.89. The predicted octanol–water partition coefficient (Wildman–Crippen LogP) is 5.82. The Kier molecular flexibility index (Phi) is 7.01. The highest BCUT2D eigenvalue weighted by molar-refractivity contribution is 7.80. The molecule has 0 fully saturated rings. The van der Waals surface area contributed by atoms with Crippen LogP contribution in [0.25, 0.3) is 0 Å². The number of aryl methyl sites for hydroxylation is 2. The molecule has 0 radical (unpaired) electrons. The minimum Gasteiger partial charge on any atom is -0.0622 e. The molecule has 0 aliphatic rings. The summed E-state index contributed by atoms with van der Waals surface area (Å²) in [5, 5.41) is 8.34. The second kappa shape index (κ2) is 10.5. The van der Waals surface area contributed by atoms with E-state index in [2.05, 4.69) is 147 Å². The molecular weight excluding hydrogens is 446 g/mol. The topological polar surface area (TPSA) is 0 Å². The minimum absolute atomic E-state index is 0.588. The maximum absolute atomic E-state index is 2.36. The van der Waals surface area contributed by atoms with Gasteiger partial charge in [0.1, 0.15) is 0 Å². The van der Waals surface area contributed by atoms with Crippen LogP contribution in [0.1, 0.15) is 11.1 Å². The standard InChI is InChI=1S/C32H28P2/c1-25-13-17-29(18-14-25)34(30-19-15-26(2)16-20-30)32-23-21-31(22-24-32)33(27-9-5-3-6-10-27)28-11-7-4-8-12-28/h3-24H,1-2H3. The van der Waals surface area contributed by atoms with Crippen molar-refractivity contribution in [1.29, 1.82) is 0 Å². The van der Waals surface area contributed by atoms with Gasteiger partial charge in [0, 0.05) is 0 Å². The van der Waals surface area contributed by atoms with Crippen LogP contribution in [0.4, 0.5) is 0 Å². The van der Waals surface area contributed by atoms with E-state index in [0.717, 1.165) is 0 Å². The van der Waals surface area contributed by atoms with E-state index >= 15 is 0 Å². The largest absolute Gasteiger partial charge is 0.0622 e. The fourth-order valence-electron chi connectivity index (χ4n) is 4.19. The van der Waals surface area contributed by atoms with E-state index < -0.39 is 15.8 Å². The van der Waals surface area contributed by atoms with Crippen molar-refractivity contribution < 1.29 is 0 Å². The molecule has 34 heavy (non-hydrogen) atoms. The molecule has 5 rings (SSSR count). The van der Waals surface area contributed by atoms with Crippen LogP contribution in [-0.4, -0.2) is 0 Å². The van der Waals surface area contributed by atoms with Gasteiger partial charge < -0.3 is 0 Å². The molecule has 0 aliphatic carbocycles. The van der Waals surface area contributed by atoms with Crippen LogP contribution in [0, 0.1) is 13.8 Å². The van der Waals surface area contributed by atoms with Crippen LogP contribution >= 0.6 is 15.8 Å². The van der Waals surface area contributed by atoms with Gasteiger partial charge in [-0.3, -0.25) is 0 Å². The zero-order chi connectivity index (χ0) is 23.3. The van der Waals surface area contributed by atoms with E-state index in [9.17, 15) is 0 Å². The SMILES string of the molecule is Cc1ccc(P(c2ccc(C)cc2)c2ccc(P(c3ccccc3)c3ccccc3)cc2)cc1. The Balaban J connectivity index is 1.57. The van der Waals surface area contributed by atoms with E-state index in [4.69, 9.17) is 0 Å². The van der Waals surface area contributed by atoms with Gasteiger partial charge in [-0.05, 0) is 61.5 Å². The lowest BCUT2D eigenvalue weighted by molar-refractivity contribution is 1.49. The van der Waals surface area contributed by atoms with Crippen molar-refractivity contribution in [2.45, 2.75) is 13.8 Å². The van der Waals surface area contributed by atoms with Gasteiger partial charge in [-0.1, -0.05) is 145 Å². The quantitative estimate of drug-likeness (QED) is 0.272. The van der Waals surface area contributed by atoms with E-state index in [-0.39, 0.29) is 0 Å². The van der Waals surface area contributed by atoms with Gasteiger partial charge in [0.05, 0.1) is 0 Å². The van der Waals surface area contributed by atoms with Crippen LogP contribution in [0.5, 0.6) is 0 Å². The van der Waals surface area contributed by atoms with Crippen LogP contribution in [0.3, 0.4) is 0 Å². The Morgan fingerprint density at radius 3 is 0.824 bits per heavy atom. The Morgan fingerprint density at radius 2 is 0.529 bits per heavy atom. The van der Waals surface area contributed by atoms with E-state index in [1.54, 1.807) is 0 Å². The summed E-state index contributed by atoms with van der Waals surface area (Å²) in [6.07, 6.45) is 0. The monoisotopic (exact) mass is 474 g/mol. The summed E-state index contributed by atoms with van der Waals surface area (Å²) >= 11 is 0. The molecule has 2 heteroatoms. The molecule has 0 amide bonds. The summed E-state index contributed by atoms with van der Waals surface area (Å²) in [6, 6.07) is 49.4. The molecule has 0 N–H and O–H groups in total. The highest BCUT2D eigenvalue weighted by atomic mass is 31.1. The highest BCUT2D eigenvalue weighted by Gasteiger charge is 2.19. The minimum atomic E-state index is -0.604. The van der Waals surface area contributed by atoms with Crippen LogP contribution in [0.2, 0.25) is 0 Å². The fraction of sp³-hybridized carbons (Fsp3) is 0.0625. The normalized spacial score (nSPS) is 11.2. The van der Waals surface area contributed by atoms with Crippen LogP contribution < -0.4 is 31.8 Å². The first-order valence-corrected chi connectivity index (χ1v) is 14.3. The molecule has 5 aromatic carbocycles. The van der Waals surface area contributed by atoms with Gasteiger partial charge in [-0.25, -0.2) is 0 Å². The molecule has 166 valence electrons. The zero-order valence-electron chi connectivity index (χ0n) is 19.6. The van der Waals surface area contributed by atoms with Crippen molar-refractivity contribution in [2.75, 3.05) is 0 Å². The maximum Gasteiger partial charge on any atom is -0.0134 e. The summed E-state index contributed by atoms with van der Waals surface area (Å²) in [5.41, 5.74) is 2.60. The van der Waals surface area contributed by atoms with Crippen molar-refractivity contribution in [3.8, 4) is 0 Å². The number of hydrogen-bond donors (Lipinski definition) is 0. The summed E-state index contributed by atoms with van der Waals surface area (Å²) < 4.78 is 0. The molecule has 5 aromatic rings. The van der Waals surface area contributed by atoms with E-state index in [0.29, 0.717) is 0 Å². The first-order valence-electron chi connectivity index (χ1n) is 11.6. The first kappa shape index (κ1) is 22.7. The molecular formula is C32H28P2. The predicted molar refractivity (Wildman–Crippen MR) is 153 cm³/mol. The first-order chi connectivity index (χ1) is 16.7. The highest BCUT2D eigenvalue weighted by Crippen LogP contribution is 2.35. The van der Waals surface area contributed by atoms with Gasteiger partial charge in [-0.15, -0.1) is 0 Å². The van der Waals surface area contributed by atoms with Gasteiger partial charge in [0.2, 0.25) is 0 Å². The summed E-state index contributed by atoms with van der Waals surface area (Å²) in [5.74, 6) is 0. The van der Waals surface area contributed by atoms with Gasteiger partial charge in [0.15, 0.2) is 0 Å². The van der Waals surface area contributed by atoms with Gasteiger partial charge in [-0.2, -0.15) is 0 Å². The Bertz CT molecular complexity index is 1240. The lowest BCUT2D eigenvalue weighted by Crippen LogP contribution is -2.24. The molecule has 0 saturated heterocycles. The van der Waals surface area contributed by atoms with E-state index in [1.165, 1.54) is 43.0 Å². The Hall–Kier alpha value is -3.04. The van der Waals surface area contributed by atoms with Gasteiger partial charge in [0.25, 0.3) is 0 Å². The number of hydrogen-bond acceptors (Lipinski definition) is 0. The molecule has 0 aromatic heterocycles. The van der Waals surface area contributed by atoms with Crippen molar-refractivity contribution in [2.24, 2.45) is 0 Å². The van der Waals surface area contributed by atoms with Crippen molar-refractivity contribution >= 4 is 47.7 Å². The number of benzene rings is 5. The third-order valence-corrected chi connectivity index (χ3v) is 10.9. The molecule has 0 unspecified atom stereocenters. The van der Waals surface area contributed by atoms with Crippen LogP contribution in [0.15, 0.2) is 133 Å². The van der Waals surface area contributed by atoms with Gasteiger partial charge >= 0.3 is 0 Å². The molecule has 0 aliphatic heterocycles. The number of rotatable bonds is 6. The van der Waals surface area contributed by atoms with E-state index in [1.807, 2.05) is 0 Å². The smallest absolute Gasteiger partial charge is 0.0134 e. The molecule has 0 spiro atoms. The Morgan fingerprint density at radius 1 is 0.294 bits per heavy atom. The fourth-order valence-corrected chi connectivity index (χ4v) is 8.71. The lowest BCUT2D eigenvalue weighted by Gasteiger charge is -2.22. The van der Waals surface area contributed by atoms with Crippen molar-refractivity contribution in [3.05, 3.63) is 145 Å². The third-order valence-electron chi connectivity index (χ3n) is 5.98. The summed E-state index contributed by atoms with van der Waals surface area (Å²) in [6.45, 7) is 4.31. The maximum atomic E-state index is 2.36. The second-order valence-corrected chi connectivity index (χ2v) is 13.0. The zero-order valence-corrected chi connectivity index (χ0v) is 21.4. The molecule has 0 nitrogen and oxygen atoms in total. The summed E-state index contributed by atoms with van der Waals surface area (Å²) in [4.78, 5) is 0. The summed E-state index contributed by atoms with van der Waals surface area (Å²) in [7, 11) is -1.19. The third kappa shape index (κ3) is 5.05. The lowest BCUT2D eigenvalue weighted by atomic mass is 10.2. The van der Waals surface area contributed by atoms with Crippen molar-refractivity contribution in [1.82, 2.24) is 0 Å². The molecule has 0 atom stereocenters. The second-order valence-electron chi connectivity index (χ2n) is 8.53. The molecule has 0 bridgehead atoms. The van der Waals surface area contributed by atoms with Crippen molar-refractivity contribution in [3.63, 3.8) is 0 Å².